The highest BCUT2D eigenvalue weighted by atomic mass is 32.2. The Bertz CT molecular complexity index is 337. The second-order valence-electron chi connectivity index (χ2n) is 4.73. The zero-order valence-electron chi connectivity index (χ0n) is 12.0. The van der Waals surface area contributed by atoms with Crippen LogP contribution in [0.3, 0.4) is 0 Å². The molecule has 0 bridgehead atoms. The van der Waals surface area contributed by atoms with E-state index in [-0.39, 0.29) is 6.04 Å². The third kappa shape index (κ3) is 3.92. The molecule has 0 saturated heterocycles. The summed E-state index contributed by atoms with van der Waals surface area (Å²) in [5.74, 6) is 1.17. The van der Waals surface area contributed by atoms with E-state index in [1.165, 1.54) is 23.4 Å². The van der Waals surface area contributed by atoms with Crippen molar-refractivity contribution >= 4 is 17.4 Å². The Balaban J connectivity index is 2.77. The molecule has 102 valence electrons. The zero-order valence-corrected chi connectivity index (χ0v) is 12.8. The Hall–Kier alpha value is -0.670. The smallest absolute Gasteiger partial charge is 0.0374 e. The van der Waals surface area contributed by atoms with Crippen molar-refractivity contribution in [1.29, 1.82) is 0 Å². The lowest BCUT2D eigenvalue weighted by Gasteiger charge is -2.29. The molecule has 2 atom stereocenters. The average Bonchev–Trinajstić information content (AvgIpc) is 2.43. The maximum atomic E-state index is 6.04. The largest absolute Gasteiger partial charge is 0.371 e. The van der Waals surface area contributed by atoms with Crippen LogP contribution in [-0.4, -0.2) is 25.1 Å². The van der Waals surface area contributed by atoms with Gasteiger partial charge in [-0.05, 0) is 36.8 Å². The van der Waals surface area contributed by atoms with E-state index >= 15 is 0 Å². The number of nitrogens with two attached hydrogens (primary N) is 1. The van der Waals surface area contributed by atoms with Crippen molar-refractivity contribution in [1.82, 2.24) is 0 Å². The highest BCUT2D eigenvalue weighted by Gasteiger charge is 2.13. The van der Waals surface area contributed by atoms with Crippen LogP contribution in [-0.2, 0) is 0 Å². The lowest BCUT2D eigenvalue weighted by Crippen LogP contribution is -2.33. The van der Waals surface area contributed by atoms with Crippen LogP contribution in [0.1, 0.15) is 38.3 Å². The van der Waals surface area contributed by atoms with Crippen molar-refractivity contribution in [3.05, 3.63) is 29.8 Å². The van der Waals surface area contributed by atoms with Gasteiger partial charge in [0.05, 0.1) is 0 Å². The van der Waals surface area contributed by atoms with Gasteiger partial charge in [0.25, 0.3) is 0 Å². The monoisotopic (exact) mass is 266 g/mol. The summed E-state index contributed by atoms with van der Waals surface area (Å²) in [6.07, 6.45) is 4.33. The molecular weight excluding hydrogens is 240 g/mol. The van der Waals surface area contributed by atoms with E-state index in [4.69, 9.17) is 5.73 Å². The summed E-state index contributed by atoms with van der Waals surface area (Å²) in [6.45, 7) is 4.37. The van der Waals surface area contributed by atoms with Crippen LogP contribution in [0.15, 0.2) is 24.3 Å². The molecule has 2 N–H and O–H groups in total. The first-order valence-electron chi connectivity index (χ1n) is 6.71. The van der Waals surface area contributed by atoms with Crippen molar-refractivity contribution in [2.24, 2.45) is 5.73 Å². The van der Waals surface area contributed by atoms with Crippen LogP contribution in [0.5, 0.6) is 0 Å². The van der Waals surface area contributed by atoms with E-state index in [1.54, 1.807) is 0 Å². The fourth-order valence-electron chi connectivity index (χ4n) is 2.10. The van der Waals surface area contributed by atoms with Crippen LogP contribution < -0.4 is 10.6 Å². The van der Waals surface area contributed by atoms with Crippen molar-refractivity contribution in [2.45, 2.75) is 38.8 Å². The molecule has 0 aliphatic rings. The van der Waals surface area contributed by atoms with Gasteiger partial charge in [0.15, 0.2) is 0 Å². The Morgan fingerprint density at radius 1 is 1.17 bits per heavy atom. The molecule has 18 heavy (non-hydrogen) atoms. The number of nitrogens with zero attached hydrogens (tertiary/aromatic N) is 1. The van der Waals surface area contributed by atoms with Gasteiger partial charge in [0, 0.05) is 30.6 Å². The highest BCUT2D eigenvalue weighted by molar-refractivity contribution is 7.98. The first-order valence-corrected chi connectivity index (χ1v) is 8.10. The van der Waals surface area contributed by atoms with E-state index in [1.807, 2.05) is 11.8 Å². The van der Waals surface area contributed by atoms with Crippen molar-refractivity contribution < 1.29 is 0 Å². The lowest BCUT2D eigenvalue weighted by molar-refractivity contribution is 0.671. The standard InChI is InChI=1S/C15H26N2S/c1-5-13(11-18-4)17(3)14-9-7-12(8-10-14)15(16)6-2/h7-10,13,15H,5-6,11,16H2,1-4H3. The van der Waals surface area contributed by atoms with Crippen LogP contribution in [0.25, 0.3) is 0 Å². The van der Waals surface area contributed by atoms with E-state index in [0.29, 0.717) is 6.04 Å². The number of rotatable bonds is 7. The third-order valence-corrected chi connectivity index (χ3v) is 4.26. The molecular formula is C15H26N2S. The van der Waals surface area contributed by atoms with Gasteiger partial charge in [-0.25, -0.2) is 0 Å². The molecule has 0 aliphatic heterocycles. The van der Waals surface area contributed by atoms with E-state index < -0.39 is 0 Å². The van der Waals surface area contributed by atoms with Crippen LogP contribution >= 0.6 is 11.8 Å². The molecule has 0 aliphatic carbocycles. The Labute approximate surface area is 116 Å². The number of hydrogen-bond acceptors (Lipinski definition) is 3. The minimum absolute atomic E-state index is 0.164. The molecule has 2 unspecified atom stereocenters. The fourth-order valence-corrected chi connectivity index (χ4v) is 2.94. The Kier molecular flexibility index (Phi) is 6.58. The number of anilines is 1. The molecule has 0 fully saturated rings. The molecule has 3 heteroatoms. The van der Waals surface area contributed by atoms with Crippen LogP contribution in [0.2, 0.25) is 0 Å². The minimum atomic E-state index is 0.164. The fraction of sp³-hybridized carbons (Fsp3) is 0.600. The summed E-state index contributed by atoms with van der Waals surface area (Å²) < 4.78 is 0. The predicted octanol–water partition coefficient (Wildman–Crippen LogP) is 3.67. The predicted molar refractivity (Wildman–Crippen MR) is 84.5 cm³/mol. The van der Waals surface area contributed by atoms with Crippen molar-refractivity contribution in [3.8, 4) is 0 Å². The average molecular weight is 266 g/mol. The molecule has 0 heterocycles. The van der Waals surface area contributed by atoms with Gasteiger partial charge in [-0.3, -0.25) is 0 Å². The number of thioether (sulfide) groups is 1. The van der Waals surface area contributed by atoms with Crippen LogP contribution in [0, 0.1) is 0 Å². The Morgan fingerprint density at radius 2 is 1.78 bits per heavy atom. The maximum absolute atomic E-state index is 6.04. The molecule has 0 radical (unpaired) electrons. The lowest BCUT2D eigenvalue weighted by atomic mass is 10.0. The van der Waals surface area contributed by atoms with Crippen LogP contribution in [0.4, 0.5) is 5.69 Å². The highest BCUT2D eigenvalue weighted by Crippen LogP contribution is 2.22. The second kappa shape index (κ2) is 7.70. The molecule has 1 rings (SSSR count). The van der Waals surface area contributed by atoms with Gasteiger partial charge >= 0.3 is 0 Å². The van der Waals surface area contributed by atoms with Gasteiger partial charge in [0.1, 0.15) is 0 Å². The third-order valence-electron chi connectivity index (χ3n) is 3.55. The number of hydrogen-bond donors (Lipinski definition) is 1. The normalized spacial score (nSPS) is 14.3. The second-order valence-corrected chi connectivity index (χ2v) is 5.65. The molecule has 1 aromatic carbocycles. The van der Waals surface area contributed by atoms with E-state index in [2.05, 4.69) is 56.3 Å². The molecule has 0 amide bonds. The zero-order chi connectivity index (χ0) is 13.5. The summed E-state index contributed by atoms with van der Waals surface area (Å²) in [6, 6.07) is 9.46. The van der Waals surface area contributed by atoms with Crippen molar-refractivity contribution in [2.75, 3.05) is 24.0 Å². The summed E-state index contributed by atoms with van der Waals surface area (Å²) >= 11 is 1.91. The van der Waals surface area contributed by atoms with Gasteiger partial charge in [-0.15, -0.1) is 0 Å². The summed E-state index contributed by atoms with van der Waals surface area (Å²) in [4.78, 5) is 2.37. The van der Waals surface area contributed by atoms with Gasteiger partial charge in [-0.1, -0.05) is 26.0 Å². The summed E-state index contributed by atoms with van der Waals surface area (Å²) in [5, 5.41) is 0. The Morgan fingerprint density at radius 3 is 2.22 bits per heavy atom. The summed E-state index contributed by atoms with van der Waals surface area (Å²) in [5.41, 5.74) is 8.55. The molecule has 1 aromatic rings. The molecule has 0 aromatic heterocycles. The topological polar surface area (TPSA) is 29.3 Å². The van der Waals surface area contributed by atoms with Gasteiger partial charge in [0.2, 0.25) is 0 Å². The van der Waals surface area contributed by atoms with Gasteiger partial charge in [-0.2, -0.15) is 11.8 Å². The summed E-state index contributed by atoms with van der Waals surface area (Å²) in [7, 11) is 2.18. The number of benzene rings is 1. The quantitative estimate of drug-likeness (QED) is 0.816. The molecule has 0 spiro atoms. The SMILES string of the molecule is CCC(N)c1ccc(N(C)C(CC)CSC)cc1. The van der Waals surface area contributed by atoms with E-state index in [9.17, 15) is 0 Å². The minimum Gasteiger partial charge on any atom is -0.371 e. The first-order chi connectivity index (χ1) is 8.63. The van der Waals surface area contributed by atoms with Gasteiger partial charge < -0.3 is 10.6 Å². The first kappa shape index (κ1) is 15.4. The van der Waals surface area contributed by atoms with Crippen molar-refractivity contribution in [3.63, 3.8) is 0 Å². The molecule has 2 nitrogen and oxygen atoms in total. The maximum Gasteiger partial charge on any atom is 0.0374 e. The van der Waals surface area contributed by atoms with E-state index in [0.717, 1.165) is 6.42 Å². The molecule has 0 saturated carbocycles.